The summed E-state index contributed by atoms with van der Waals surface area (Å²) in [6.07, 6.45) is 9.81. The van der Waals surface area contributed by atoms with E-state index in [-0.39, 0.29) is 6.61 Å². The fourth-order valence-corrected chi connectivity index (χ4v) is 1.66. The van der Waals surface area contributed by atoms with Crippen LogP contribution < -0.4 is 0 Å². The molecule has 0 amide bonds. The minimum Gasteiger partial charge on any atom is -0.394 e. The average Bonchev–Trinajstić information content (AvgIpc) is 2.35. The van der Waals surface area contributed by atoms with Crippen molar-refractivity contribution in [2.24, 2.45) is 0 Å². The molecule has 0 radical (unpaired) electrons. The Hall–Kier alpha value is -0.120. The molecule has 1 N–H and O–H groups in total. The highest BCUT2D eigenvalue weighted by atomic mass is 16.5. The van der Waals surface area contributed by atoms with Crippen LogP contribution in [0.15, 0.2) is 0 Å². The SMILES string of the molecule is CCCCCCOCCCCCCOCCO. The van der Waals surface area contributed by atoms with Crippen LogP contribution >= 0.6 is 0 Å². The summed E-state index contributed by atoms with van der Waals surface area (Å²) < 4.78 is 10.7. The first kappa shape index (κ1) is 16.9. The van der Waals surface area contributed by atoms with E-state index in [1.54, 1.807) is 0 Å². The van der Waals surface area contributed by atoms with Gasteiger partial charge in [0.15, 0.2) is 0 Å². The van der Waals surface area contributed by atoms with Gasteiger partial charge in [0.2, 0.25) is 0 Å². The van der Waals surface area contributed by atoms with E-state index in [4.69, 9.17) is 14.6 Å². The summed E-state index contributed by atoms with van der Waals surface area (Å²) in [4.78, 5) is 0. The third-order valence-corrected chi connectivity index (χ3v) is 2.71. The van der Waals surface area contributed by atoms with Crippen molar-refractivity contribution in [3.8, 4) is 0 Å². The van der Waals surface area contributed by atoms with E-state index < -0.39 is 0 Å². The first-order valence-corrected chi connectivity index (χ1v) is 7.18. The monoisotopic (exact) mass is 246 g/mol. The van der Waals surface area contributed by atoms with Gasteiger partial charge in [-0.3, -0.25) is 0 Å². The molecule has 0 aliphatic rings. The zero-order valence-corrected chi connectivity index (χ0v) is 11.5. The van der Waals surface area contributed by atoms with Crippen LogP contribution in [0.4, 0.5) is 0 Å². The lowest BCUT2D eigenvalue weighted by atomic mass is 10.2. The highest BCUT2D eigenvalue weighted by molar-refractivity contribution is 4.44. The first-order valence-electron chi connectivity index (χ1n) is 7.18. The molecule has 104 valence electrons. The topological polar surface area (TPSA) is 38.7 Å². The maximum absolute atomic E-state index is 8.50. The van der Waals surface area contributed by atoms with Gasteiger partial charge in [-0.2, -0.15) is 0 Å². The van der Waals surface area contributed by atoms with Gasteiger partial charge >= 0.3 is 0 Å². The van der Waals surface area contributed by atoms with E-state index in [0.717, 1.165) is 32.7 Å². The molecule has 3 nitrogen and oxygen atoms in total. The second-order valence-corrected chi connectivity index (χ2v) is 4.42. The summed E-state index contributed by atoms with van der Waals surface area (Å²) in [6, 6.07) is 0. The first-order chi connectivity index (χ1) is 8.41. The van der Waals surface area contributed by atoms with Crippen LogP contribution in [0.3, 0.4) is 0 Å². The van der Waals surface area contributed by atoms with E-state index in [2.05, 4.69) is 6.92 Å². The van der Waals surface area contributed by atoms with Crippen LogP contribution in [-0.2, 0) is 9.47 Å². The molecule has 0 fully saturated rings. The second-order valence-electron chi connectivity index (χ2n) is 4.42. The standard InChI is InChI=1S/C14H30O3/c1-2-3-4-7-11-16-12-8-5-6-9-13-17-14-10-15/h15H,2-14H2,1H3. The lowest BCUT2D eigenvalue weighted by Crippen LogP contribution is -2.01. The van der Waals surface area contributed by atoms with Crippen LogP contribution in [0.5, 0.6) is 0 Å². The fourth-order valence-electron chi connectivity index (χ4n) is 1.66. The minimum absolute atomic E-state index is 0.131. The Kier molecular flexibility index (Phi) is 15.8. The van der Waals surface area contributed by atoms with Crippen molar-refractivity contribution in [2.75, 3.05) is 33.0 Å². The van der Waals surface area contributed by atoms with Crippen molar-refractivity contribution in [3.05, 3.63) is 0 Å². The largest absolute Gasteiger partial charge is 0.394 e. The van der Waals surface area contributed by atoms with Gasteiger partial charge in [-0.15, -0.1) is 0 Å². The van der Waals surface area contributed by atoms with E-state index in [1.807, 2.05) is 0 Å². The van der Waals surface area contributed by atoms with Gasteiger partial charge < -0.3 is 14.6 Å². The molecule has 0 bridgehead atoms. The van der Waals surface area contributed by atoms with Gasteiger partial charge in [0, 0.05) is 19.8 Å². The van der Waals surface area contributed by atoms with E-state index in [9.17, 15) is 0 Å². The van der Waals surface area contributed by atoms with Crippen molar-refractivity contribution >= 4 is 0 Å². The van der Waals surface area contributed by atoms with Crippen molar-refractivity contribution in [3.63, 3.8) is 0 Å². The predicted molar refractivity (Wildman–Crippen MR) is 71.3 cm³/mol. The Morgan fingerprint density at radius 3 is 1.59 bits per heavy atom. The lowest BCUT2D eigenvalue weighted by molar-refractivity contribution is 0.0883. The third-order valence-electron chi connectivity index (χ3n) is 2.71. The molecular formula is C14H30O3. The Morgan fingerprint density at radius 2 is 1.12 bits per heavy atom. The summed E-state index contributed by atoms with van der Waals surface area (Å²) >= 11 is 0. The second kappa shape index (κ2) is 15.9. The molecule has 0 spiro atoms. The number of ether oxygens (including phenoxy) is 2. The Morgan fingerprint density at radius 1 is 0.647 bits per heavy atom. The summed E-state index contributed by atoms with van der Waals surface area (Å²) in [6.45, 7) is 5.44. The smallest absolute Gasteiger partial charge is 0.0697 e. The van der Waals surface area contributed by atoms with Crippen LogP contribution in [-0.4, -0.2) is 38.1 Å². The molecule has 0 unspecified atom stereocenters. The van der Waals surface area contributed by atoms with Crippen LogP contribution in [0.25, 0.3) is 0 Å². The Labute approximate surface area is 107 Å². The zero-order chi connectivity index (χ0) is 12.6. The molecule has 0 aliphatic carbocycles. The van der Waals surface area contributed by atoms with E-state index in [0.29, 0.717) is 6.61 Å². The molecule has 0 heterocycles. The highest BCUT2D eigenvalue weighted by Crippen LogP contribution is 2.02. The number of hydrogen-bond donors (Lipinski definition) is 1. The third kappa shape index (κ3) is 15.9. The van der Waals surface area contributed by atoms with Gasteiger partial charge in [0.05, 0.1) is 13.2 Å². The molecule has 0 aliphatic heterocycles. The average molecular weight is 246 g/mol. The van der Waals surface area contributed by atoms with Gasteiger partial charge in [-0.25, -0.2) is 0 Å². The number of rotatable bonds is 14. The van der Waals surface area contributed by atoms with Crippen molar-refractivity contribution < 1.29 is 14.6 Å². The molecule has 0 saturated carbocycles. The van der Waals surface area contributed by atoms with Gasteiger partial charge in [-0.1, -0.05) is 39.0 Å². The molecule has 0 atom stereocenters. The molecule has 0 aromatic carbocycles. The zero-order valence-electron chi connectivity index (χ0n) is 11.5. The summed E-state index contributed by atoms with van der Waals surface area (Å²) in [5.41, 5.74) is 0. The maximum Gasteiger partial charge on any atom is 0.0697 e. The van der Waals surface area contributed by atoms with Crippen molar-refractivity contribution in [1.29, 1.82) is 0 Å². The summed E-state index contributed by atoms with van der Waals surface area (Å²) in [5.74, 6) is 0. The quantitative estimate of drug-likeness (QED) is 0.478. The van der Waals surface area contributed by atoms with Crippen molar-refractivity contribution in [2.45, 2.75) is 58.3 Å². The van der Waals surface area contributed by atoms with E-state index >= 15 is 0 Å². The molecule has 0 rings (SSSR count). The number of unbranched alkanes of at least 4 members (excludes halogenated alkanes) is 6. The molecule has 0 saturated heterocycles. The van der Waals surface area contributed by atoms with Crippen LogP contribution in [0.2, 0.25) is 0 Å². The summed E-state index contributed by atoms with van der Waals surface area (Å²) in [7, 11) is 0. The predicted octanol–water partition coefficient (Wildman–Crippen LogP) is 3.15. The highest BCUT2D eigenvalue weighted by Gasteiger charge is 1.92. The molecule has 0 aromatic rings. The number of aliphatic hydroxyl groups is 1. The van der Waals surface area contributed by atoms with Gasteiger partial charge in [0.25, 0.3) is 0 Å². The summed E-state index contributed by atoms with van der Waals surface area (Å²) in [5, 5.41) is 8.50. The van der Waals surface area contributed by atoms with E-state index in [1.165, 1.54) is 38.5 Å². The van der Waals surface area contributed by atoms with Gasteiger partial charge in [0.1, 0.15) is 0 Å². The number of hydrogen-bond acceptors (Lipinski definition) is 3. The molecule has 0 aromatic heterocycles. The molecular weight excluding hydrogens is 216 g/mol. The Balaban J connectivity index is 2.85. The normalized spacial score (nSPS) is 10.9. The number of aliphatic hydroxyl groups excluding tert-OH is 1. The minimum atomic E-state index is 0.131. The lowest BCUT2D eigenvalue weighted by Gasteiger charge is -2.04. The molecule has 17 heavy (non-hydrogen) atoms. The Bertz CT molecular complexity index is 115. The fraction of sp³-hybridized carbons (Fsp3) is 1.00. The van der Waals surface area contributed by atoms with Crippen molar-refractivity contribution in [1.82, 2.24) is 0 Å². The molecule has 3 heteroatoms. The van der Waals surface area contributed by atoms with Crippen LogP contribution in [0.1, 0.15) is 58.3 Å². The van der Waals surface area contributed by atoms with Crippen LogP contribution in [0, 0.1) is 0 Å². The van der Waals surface area contributed by atoms with Gasteiger partial charge in [-0.05, 0) is 19.3 Å². The maximum atomic E-state index is 8.50.